The molecule has 0 aliphatic carbocycles. The second-order valence-corrected chi connectivity index (χ2v) is 12.4. The van der Waals surface area contributed by atoms with Crippen LogP contribution in [0.2, 0.25) is 0 Å². The van der Waals surface area contributed by atoms with Gasteiger partial charge in [0.05, 0.1) is 39.9 Å². The highest BCUT2D eigenvalue weighted by molar-refractivity contribution is 6.11. The number of aromatic hydroxyl groups is 2. The smallest absolute Gasteiger partial charge is 0.193 e. The Morgan fingerprint density at radius 3 is 2.25 bits per heavy atom. The zero-order valence-electron chi connectivity index (χ0n) is 29.0. The summed E-state index contributed by atoms with van der Waals surface area (Å²) in [5, 5.41) is 20.7. The third-order valence-corrected chi connectivity index (χ3v) is 8.69. The Morgan fingerprint density at radius 2 is 1.57 bits per heavy atom. The molecule has 0 spiro atoms. The normalized spacial score (nSPS) is 17.5. The lowest BCUT2D eigenvalue weighted by atomic mass is 9.80. The minimum Gasteiger partial charge on any atom is -0.507 e. The molecule has 0 radical (unpaired) electrons. The summed E-state index contributed by atoms with van der Waals surface area (Å²) in [7, 11) is 5.99. The van der Waals surface area contributed by atoms with Crippen LogP contribution in [0.25, 0.3) is 12.2 Å². The van der Waals surface area contributed by atoms with Crippen LogP contribution in [0.5, 0.6) is 51.7 Å². The van der Waals surface area contributed by atoms with Gasteiger partial charge in [0.2, 0.25) is 0 Å². The van der Waals surface area contributed by atoms with Gasteiger partial charge in [0.25, 0.3) is 0 Å². The van der Waals surface area contributed by atoms with Gasteiger partial charge in [-0.2, -0.15) is 0 Å². The largest absolute Gasteiger partial charge is 0.507 e. The molecule has 11 nitrogen and oxygen atoms in total. The van der Waals surface area contributed by atoms with Crippen molar-refractivity contribution in [1.82, 2.24) is 0 Å². The highest BCUT2D eigenvalue weighted by Crippen LogP contribution is 2.52. The Kier molecular flexibility index (Phi) is 9.56. The molecule has 0 aromatic heterocycles. The SMILES string of the molecule is COc1cc(O)c(C(=O)C=Cc2ccccc2)c(OC)c1.COc1cc2c(cc1OC)C1C(=O)c3c(O)cc4c(c3OC1CO2)C=CC(C)(C)O4. The van der Waals surface area contributed by atoms with E-state index in [1.54, 1.807) is 31.4 Å². The minimum absolute atomic E-state index is 0.116. The molecule has 11 heteroatoms. The van der Waals surface area contributed by atoms with Crippen LogP contribution in [0.1, 0.15) is 57.2 Å². The summed E-state index contributed by atoms with van der Waals surface area (Å²) in [5.74, 6) is 1.53. The van der Waals surface area contributed by atoms with Crippen LogP contribution in [0.3, 0.4) is 0 Å². The monoisotopic (exact) mass is 694 g/mol. The molecule has 2 atom stereocenters. The molecule has 3 aliphatic rings. The number of fused-ring (bicyclic) bond motifs is 6. The van der Waals surface area contributed by atoms with E-state index in [-0.39, 0.29) is 46.5 Å². The summed E-state index contributed by atoms with van der Waals surface area (Å²) in [6, 6.07) is 17.3. The van der Waals surface area contributed by atoms with E-state index in [9.17, 15) is 19.8 Å². The van der Waals surface area contributed by atoms with E-state index >= 15 is 0 Å². The maximum absolute atomic E-state index is 13.6. The number of benzene rings is 4. The lowest BCUT2D eigenvalue weighted by molar-refractivity contribution is 0.0547. The molecule has 3 heterocycles. The van der Waals surface area contributed by atoms with Crippen LogP contribution in [0, 0.1) is 0 Å². The van der Waals surface area contributed by atoms with Crippen molar-refractivity contribution >= 4 is 23.7 Å². The van der Waals surface area contributed by atoms with Crippen LogP contribution >= 0.6 is 0 Å². The van der Waals surface area contributed by atoms with E-state index in [0.717, 1.165) is 5.56 Å². The Hall–Kier alpha value is -6.10. The number of methoxy groups -OCH3 is 4. The first kappa shape index (κ1) is 34.8. The number of rotatable bonds is 7. The van der Waals surface area contributed by atoms with E-state index in [4.69, 9.17) is 33.2 Å². The zero-order chi connectivity index (χ0) is 36.4. The first-order chi connectivity index (χ1) is 24.5. The van der Waals surface area contributed by atoms with Crippen molar-refractivity contribution in [2.75, 3.05) is 35.0 Å². The fraction of sp³-hybridized carbons (Fsp3) is 0.250. The van der Waals surface area contributed by atoms with E-state index in [0.29, 0.717) is 45.6 Å². The third kappa shape index (κ3) is 6.74. The summed E-state index contributed by atoms with van der Waals surface area (Å²) >= 11 is 0. The molecule has 2 unspecified atom stereocenters. The van der Waals surface area contributed by atoms with Gasteiger partial charge < -0.3 is 43.4 Å². The van der Waals surface area contributed by atoms with Gasteiger partial charge in [-0.1, -0.05) is 36.4 Å². The van der Waals surface area contributed by atoms with Gasteiger partial charge >= 0.3 is 0 Å². The van der Waals surface area contributed by atoms with Gasteiger partial charge in [-0.3, -0.25) is 9.59 Å². The van der Waals surface area contributed by atoms with Gasteiger partial charge in [-0.15, -0.1) is 0 Å². The molecule has 51 heavy (non-hydrogen) atoms. The second kappa shape index (κ2) is 14.0. The van der Waals surface area contributed by atoms with Crippen LogP contribution in [-0.2, 0) is 0 Å². The van der Waals surface area contributed by atoms with E-state index in [2.05, 4.69) is 0 Å². The van der Waals surface area contributed by atoms with Gasteiger partial charge in [0.15, 0.2) is 23.1 Å². The molecule has 3 aliphatic heterocycles. The summed E-state index contributed by atoms with van der Waals surface area (Å²) in [6.45, 7) is 4.02. The summed E-state index contributed by atoms with van der Waals surface area (Å²) < 4.78 is 39.0. The summed E-state index contributed by atoms with van der Waals surface area (Å²) in [6.07, 6.45) is 6.32. The van der Waals surface area contributed by atoms with Crippen LogP contribution in [0.15, 0.2) is 72.8 Å². The number of phenols is 2. The standard InChI is InChI=1S/C23H22O7.C17H16O4/c1-23(2)6-5-11-15(30-23)8-13(24)20-21(25)19-12-7-16(26-3)17(27-4)9-14(12)28-10-18(19)29-22(11)20;1-20-13-10-15(19)17(16(11-13)21-2)14(18)9-8-12-6-4-3-5-7-12/h5-9,18-19,24H,10H2,1-4H3;3-11,19H,1-2H3. The molecule has 0 saturated heterocycles. The van der Waals surface area contributed by atoms with Crippen LogP contribution in [-0.4, -0.2) is 68.5 Å². The van der Waals surface area contributed by atoms with Crippen molar-refractivity contribution in [3.05, 3.63) is 101 Å². The lowest BCUT2D eigenvalue weighted by Crippen LogP contribution is -2.43. The molecular weight excluding hydrogens is 656 g/mol. The number of carbonyl (C=O) groups excluding carboxylic acids is 2. The predicted octanol–water partition coefficient (Wildman–Crippen LogP) is 7.02. The summed E-state index contributed by atoms with van der Waals surface area (Å²) in [4.78, 5) is 25.8. The van der Waals surface area contributed by atoms with Crippen molar-refractivity contribution in [3.8, 4) is 51.7 Å². The maximum atomic E-state index is 13.6. The molecule has 4 aromatic rings. The Labute approximate surface area is 295 Å². The number of carbonyl (C=O) groups is 2. The molecule has 7 rings (SSSR count). The number of hydrogen-bond acceptors (Lipinski definition) is 11. The first-order valence-corrected chi connectivity index (χ1v) is 16.1. The van der Waals surface area contributed by atoms with Crippen molar-refractivity contribution < 1.29 is 53.0 Å². The predicted molar refractivity (Wildman–Crippen MR) is 189 cm³/mol. The van der Waals surface area contributed by atoms with Crippen molar-refractivity contribution in [3.63, 3.8) is 0 Å². The zero-order valence-corrected chi connectivity index (χ0v) is 29.0. The topological polar surface area (TPSA) is 139 Å². The molecule has 264 valence electrons. The van der Waals surface area contributed by atoms with Gasteiger partial charge in [-0.25, -0.2) is 0 Å². The number of Topliss-reactive ketones (excluding diaryl/α,β-unsaturated/α-hetero) is 1. The van der Waals surface area contributed by atoms with Gasteiger partial charge in [0, 0.05) is 29.8 Å². The maximum Gasteiger partial charge on any atom is 0.193 e. The number of ether oxygens (including phenoxy) is 7. The molecule has 0 saturated carbocycles. The fourth-order valence-electron chi connectivity index (χ4n) is 6.19. The molecule has 0 amide bonds. The van der Waals surface area contributed by atoms with E-state index < -0.39 is 17.6 Å². The highest BCUT2D eigenvalue weighted by atomic mass is 16.5. The van der Waals surface area contributed by atoms with Gasteiger partial charge in [0.1, 0.15) is 69.7 Å². The third-order valence-electron chi connectivity index (χ3n) is 8.69. The number of allylic oxidation sites excluding steroid dienone is 1. The number of phenolic OH excluding ortho intramolecular Hbond substituents is 2. The lowest BCUT2D eigenvalue weighted by Gasteiger charge is -2.39. The second-order valence-electron chi connectivity index (χ2n) is 12.4. The summed E-state index contributed by atoms with van der Waals surface area (Å²) in [5.41, 5.74) is 1.95. The van der Waals surface area contributed by atoms with Crippen LogP contribution < -0.4 is 33.2 Å². The van der Waals surface area contributed by atoms with Crippen molar-refractivity contribution in [2.45, 2.75) is 31.5 Å². The molecule has 0 fully saturated rings. The Morgan fingerprint density at radius 1 is 0.863 bits per heavy atom. The highest BCUT2D eigenvalue weighted by Gasteiger charge is 2.46. The molecular formula is C40H38O11. The van der Waals surface area contributed by atoms with E-state index in [1.165, 1.54) is 39.5 Å². The molecule has 4 aromatic carbocycles. The minimum atomic E-state index is -0.630. The number of ketones is 2. The molecule has 2 N–H and O–H groups in total. The fourth-order valence-corrected chi connectivity index (χ4v) is 6.19. The average Bonchev–Trinajstić information content (AvgIpc) is 3.12. The number of hydrogen-bond donors (Lipinski definition) is 2. The first-order valence-electron chi connectivity index (χ1n) is 16.1. The quantitative estimate of drug-likeness (QED) is 0.152. The van der Waals surface area contributed by atoms with Crippen LogP contribution in [0.4, 0.5) is 0 Å². The van der Waals surface area contributed by atoms with Gasteiger partial charge in [-0.05, 0) is 43.7 Å². The molecule has 0 bridgehead atoms. The van der Waals surface area contributed by atoms with Crippen molar-refractivity contribution in [1.29, 1.82) is 0 Å². The Balaban J connectivity index is 0.000000188. The van der Waals surface area contributed by atoms with Crippen molar-refractivity contribution in [2.24, 2.45) is 0 Å². The Bertz CT molecular complexity index is 2050. The average molecular weight is 695 g/mol. The van der Waals surface area contributed by atoms with E-state index in [1.807, 2.05) is 56.3 Å².